The third-order valence-electron chi connectivity index (χ3n) is 5.99. The molecule has 30 heavy (non-hydrogen) atoms. The van der Waals surface area contributed by atoms with E-state index in [1.165, 1.54) is 0 Å². The number of nitrogens with zero attached hydrogens (tertiary/aromatic N) is 1. The first-order chi connectivity index (χ1) is 14.5. The molecule has 0 aliphatic carbocycles. The fourth-order valence-corrected chi connectivity index (χ4v) is 4.22. The summed E-state index contributed by atoms with van der Waals surface area (Å²) in [5, 5.41) is 5.72. The number of hydrogen-bond acceptors (Lipinski definition) is 4. The molecule has 0 unspecified atom stereocenters. The number of ether oxygens (including phenoxy) is 1. The summed E-state index contributed by atoms with van der Waals surface area (Å²) in [5.74, 6) is 0.331. The van der Waals surface area contributed by atoms with Crippen LogP contribution in [0.15, 0.2) is 54.6 Å². The topological polar surface area (TPSA) is 87.7 Å². The van der Waals surface area contributed by atoms with Crippen LogP contribution in [0.5, 0.6) is 5.75 Å². The van der Waals surface area contributed by atoms with Crippen LogP contribution < -0.4 is 15.4 Å². The molecule has 4 rings (SSSR count). The van der Waals surface area contributed by atoms with Crippen molar-refractivity contribution in [1.82, 2.24) is 15.5 Å². The Bertz CT molecular complexity index is 945. The number of benzene rings is 2. The van der Waals surface area contributed by atoms with Gasteiger partial charge in [0, 0.05) is 25.2 Å². The number of likely N-dealkylation sites (tertiary alicyclic amines) is 1. The van der Waals surface area contributed by atoms with Crippen LogP contribution in [-0.4, -0.2) is 48.9 Å². The monoisotopic (exact) mass is 407 g/mol. The van der Waals surface area contributed by atoms with E-state index < -0.39 is 11.5 Å². The lowest BCUT2D eigenvalue weighted by molar-refractivity contribution is -0.128. The zero-order chi connectivity index (χ0) is 21.1. The van der Waals surface area contributed by atoms with Crippen LogP contribution in [0.4, 0.5) is 0 Å². The maximum absolute atomic E-state index is 12.7. The summed E-state index contributed by atoms with van der Waals surface area (Å²) in [6.45, 7) is 1.23. The Kier molecular flexibility index (Phi) is 5.44. The van der Waals surface area contributed by atoms with Crippen LogP contribution in [0.1, 0.15) is 28.8 Å². The van der Waals surface area contributed by atoms with Gasteiger partial charge < -0.3 is 20.3 Å². The van der Waals surface area contributed by atoms with Crippen molar-refractivity contribution in [3.8, 4) is 5.75 Å². The van der Waals surface area contributed by atoms with E-state index in [1.807, 2.05) is 42.5 Å². The van der Waals surface area contributed by atoms with Crippen molar-refractivity contribution in [2.24, 2.45) is 5.41 Å². The smallest absolute Gasteiger partial charge is 0.253 e. The number of carbonyl (C=O) groups excluding carboxylic acids is 3. The zero-order valence-corrected chi connectivity index (χ0v) is 16.9. The first kappa shape index (κ1) is 19.9. The number of nitrogens with one attached hydrogen (secondary N) is 2. The minimum Gasteiger partial charge on any atom is -0.497 e. The van der Waals surface area contributed by atoms with Crippen molar-refractivity contribution >= 4 is 17.7 Å². The van der Waals surface area contributed by atoms with Gasteiger partial charge in [0.1, 0.15) is 11.8 Å². The molecule has 2 saturated heterocycles. The molecule has 0 saturated carbocycles. The minimum atomic E-state index is -0.688. The SMILES string of the molecule is COc1ccc(CNC(=O)[C@@H]2C[C@@]3(CCN(C(=O)c4ccccc4)C3)C(=O)N2)cc1. The summed E-state index contributed by atoms with van der Waals surface area (Å²) in [7, 11) is 1.60. The van der Waals surface area contributed by atoms with Crippen LogP contribution in [0.25, 0.3) is 0 Å². The van der Waals surface area contributed by atoms with Crippen LogP contribution in [-0.2, 0) is 16.1 Å². The van der Waals surface area contributed by atoms with E-state index in [0.717, 1.165) is 11.3 Å². The van der Waals surface area contributed by atoms with Gasteiger partial charge in [0.2, 0.25) is 11.8 Å². The predicted molar refractivity (Wildman–Crippen MR) is 111 cm³/mol. The highest BCUT2D eigenvalue weighted by Crippen LogP contribution is 2.40. The molecule has 7 heteroatoms. The molecule has 0 bridgehead atoms. The molecule has 1 spiro atoms. The predicted octanol–water partition coefficient (Wildman–Crippen LogP) is 1.73. The molecule has 2 aromatic carbocycles. The van der Waals surface area contributed by atoms with Crippen molar-refractivity contribution in [3.63, 3.8) is 0 Å². The van der Waals surface area contributed by atoms with Gasteiger partial charge >= 0.3 is 0 Å². The lowest BCUT2D eigenvalue weighted by atomic mass is 9.84. The first-order valence-electron chi connectivity index (χ1n) is 10.1. The Morgan fingerprint density at radius 1 is 1.17 bits per heavy atom. The summed E-state index contributed by atoms with van der Waals surface area (Å²) in [5.41, 5.74) is 0.873. The average molecular weight is 407 g/mol. The van der Waals surface area contributed by atoms with E-state index >= 15 is 0 Å². The Hall–Kier alpha value is -3.35. The summed E-state index contributed by atoms with van der Waals surface area (Å²) >= 11 is 0. The highest BCUT2D eigenvalue weighted by atomic mass is 16.5. The van der Waals surface area contributed by atoms with Gasteiger partial charge in [0.25, 0.3) is 5.91 Å². The standard InChI is InChI=1S/C23H25N3O4/c1-30-18-9-7-16(8-10-18)14-24-20(27)19-13-23(22(29)25-19)11-12-26(15-23)21(28)17-5-3-2-4-6-17/h2-10,19H,11-15H2,1H3,(H,24,27)(H,25,29)/t19-,23+/m0/s1. The van der Waals surface area contributed by atoms with Crippen molar-refractivity contribution in [3.05, 3.63) is 65.7 Å². The van der Waals surface area contributed by atoms with E-state index in [0.29, 0.717) is 38.0 Å². The van der Waals surface area contributed by atoms with E-state index in [1.54, 1.807) is 24.1 Å². The summed E-state index contributed by atoms with van der Waals surface area (Å²) in [6, 6.07) is 15.9. The van der Waals surface area contributed by atoms with Gasteiger partial charge in [-0.3, -0.25) is 14.4 Å². The number of hydrogen-bond donors (Lipinski definition) is 2. The molecule has 156 valence electrons. The third kappa shape index (κ3) is 3.87. The number of amides is 3. The molecule has 0 radical (unpaired) electrons. The molecule has 2 fully saturated rings. The van der Waals surface area contributed by atoms with Gasteiger partial charge in [0.15, 0.2) is 0 Å². The molecule has 2 aliphatic heterocycles. The van der Waals surface area contributed by atoms with Crippen molar-refractivity contribution < 1.29 is 19.1 Å². The highest BCUT2D eigenvalue weighted by Gasteiger charge is 2.53. The van der Waals surface area contributed by atoms with Gasteiger partial charge in [-0.1, -0.05) is 30.3 Å². The van der Waals surface area contributed by atoms with Gasteiger partial charge in [-0.25, -0.2) is 0 Å². The van der Waals surface area contributed by atoms with Crippen LogP contribution in [0, 0.1) is 5.41 Å². The molecule has 2 heterocycles. The van der Waals surface area contributed by atoms with Crippen LogP contribution in [0.3, 0.4) is 0 Å². The molecule has 3 amide bonds. The summed E-state index contributed by atoms with van der Waals surface area (Å²) < 4.78 is 5.13. The normalized spacial score (nSPS) is 22.8. The summed E-state index contributed by atoms with van der Waals surface area (Å²) in [6.07, 6.45) is 0.971. The van der Waals surface area contributed by atoms with Crippen molar-refractivity contribution in [2.45, 2.75) is 25.4 Å². The fraction of sp³-hybridized carbons (Fsp3) is 0.348. The molecule has 2 aromatic rings. The van der Waals surface area contributed by atoms with Gasteiger partial charge in [-0.15, -0.1) is 0 Å². The molecule has 0 aromatic heterocycles. The Balaban J connectivity index is 1.35. The van der Waals surface area contributed by atoms with Crippen molar-refractivity contribution in [1.29, 1.82) is 0 Å². The average Bonchev–Trinajstić information content (AvgIpc) is 3.36. The van der Waals surface area contributed by atoms with Gasteiger partial charge in [-0.05, 0) is 42.7 Å². The Labute approximate surface area is 175 Å². The van der Waals surface area contributed by atoms with Crippen LogP contribution in [0.2, 0.25) is 0 Å². The van der Waals surface area contributed by atoms with Crippen LogP contribution >= 0.6 is 0 Å². The third-order valence-corrected chi connectivity index (χ3v) is 5.99. The maximum atomic E-state index is 12.7. The molecule has 7 nitrogen and oxygen atoms in total. The second-order valence-electron chi connectivity index (χ2n) is 7.92. The zero-order valence-electron chi connectivity index (χ0n) is 16.9. The largest absolute Gasteiger partial charge is 0.497 e. The van der Waals surface area contributed by atoms with Gasteiger partial charge in [0.05, 0.1) is 12.5 Å². The first-order valence-corrected chi connectivity index (χ1v) is 10.1. The number of methoxy groups -OCH3 is 1. The Morgan fingerprint density at radius 2 is 1.90 bits per heavy atom. The second kappa shape index (κ2) is 8.18. The van der Waals surface area contributed by atoms with E-state index in [-0.39, 0.29) is 17.7 Å². The molecular weight excluding hydrogens is 382 g/mol. The number of carbonyl (C=O) groups is 3. The van der Waals surface area contributed by atoms with E-state index in [9.17, 15) is 14.4 Å². The van der Waals surface area contributed by atoms with Gasteiger partial charge in [-0.2, -0.15) is 0 Å². The van der Waals surface area contributed by atoms with E-state index in [4.69, 9.17) is 4.74 Å². The summed E-state index contributed by atoms with van der Waals surface area (Å²) in [4.78, 5) is 39.8. The minimum absolute atomic E-state index is 0.0762. The fourth-order valence-electron chi connectivity index (χ4n) is 4.22. The van der Waals surface area contributed by atoms with E-state index in [2.05, 4.69) is 10.6 Å². The second-order valence-corrected chi connectivity index (χ2v) is 7.92. The van der Waals surface area contributed by atoms with Crippen molar-refractivity contribution in [2.75, 3.05) is 20.2 Å². The molecule has 2 N–H and O–H groups in total. The number of rotatable bonds is 5. The lowest BCUT2D eigenvalue weighted by Gasteiger charge is -2.21. The highest BCUT2D eigenvalue weighted by molar-refractivity contribution is 5.97. The quantitative estimate of drug-likeness (QED) is 0.790. The lowest BCUT2D eigenvalue weighted by Crippen LogP contribution is -2.41. The molecule has 2 aliphatic rings. The Morgan fingerprint density at radius 3 is 2.60 bits per heavy atom. The maximum Gasteiger partial charge on any atom is 0.253 e. The molecule has 2 atom stereocenters. The molecular formula is C23H25N3O4.